The Hall–Kier alpha value is -0.500. The molecule has 1 atom stereocenters. The van der Waals surface area contributed by atoms with E-state index in [1.807, 2.05) is 13.8 Å². The van der Waals surface area contributed by atoms with Crippen LogP contribution in [0.5, 0.6) is 5.19 Å². The number of hydrogen-bond acceptors (Lipinski definition) is 5. The van der Waals surface area contributed by atoms with Crippen LogP contribution in [0, 0.1) is 0 Å². The summed E-state index contributed by atoms with van der Waals surface area (Å²) in [7, 11) is 0. The number of alkyl halides is 3. The van der Waals surface area contributed by atoms with E-state index in [0.717, 1.165) is 18.3 Å². The molecule has 0 fully saturated rings. The first-order valence-electron chi connectivity index (χ1n) is 4.52. The predicted octanol–water partition coefficient (Wildman–Crippen LogP) is 3.37. The Morgan fingerprint density at radius 3 is 2.38 bits per heavy atom. The largest absolute Gasteiger partial charge is 0.466 e. The monoisotopic (exact) mass is 272 g/mol. The van der Waals surface area contributed by atoms with Crippen molar-refractivity contribution < 1.29 is 17.9 Å². The van der Waals surface area contributed by atoms with Gasteiger partial charge in [0.15, 0.2) is 4.34 Å². The molecule has 0 aromatic carbocycles. The number of thioether (sulfide) groups is 1. The number of nitrogens with zero attached hydrogens (tertiary/aromatic N) is 2. The first kappa shape index (κ1) is 13.6. The van der Waals surface area contributed by atoms with Crippen LogP contribution in [0.15, 0.2) is 4.34 Å². The quantitative estimate of drug-likeness (QED) is 0.787. The van der Waals surface area contributed by atoms with Gasteiger partial charge in [0, 0.05) is 0 Å². The van der Waals surface area contributed by atoms with Gasteiger partial charge in [-0.2, -0.15) is 13.2 Å². The summed E-state index contributed by atoms with van der Waals surface area (Å²) >= 11 is 1.66. The maximum Gasteiger partial charge on any atom is 0.400 e. The lowest BCUT2D eigenvalue weighted by Crippen LogP contribution is -2.21. The van der Waals surface area contributed by atoms with E-state index in [2.05, 4.69) is 10.2 Å². The van der Waals surface area contributed by atoms with Crippen LogP contribution in [0.25, 0.3) is 0 Å². The average molecular weight is 272 g/mol. The lowest BCUT2D eigenvalue weighted by molar-refractivity contribution is -0.125. The summed E-state index contributed by atoms with van der Waals surface area (Å²) in [6.07, 6.45) is -4.29. The molecule has 0 bridgehead atoms. The van der Waals surface area contributed by atoms with Crippen LogP contribution in [0.3, 0.4) is 0 Å². The summed E-state index contributed by atoms with van der Waals surface area (Å²) in [6.45, 7) is 4.72. The van der Waals surface area contributed by atoms with E-state index in [4.69, 9.17) is 4.74 Å². The molecule has 92 valence electrons. The molecule has 0 aliphatic heterocycles. The Balaban J connectivity index is 2.58. The molecule has 1 aromatic heterocycles. The van der Waals surface area contributed by atoms with Crippen molar-refractivity contribution in [1.29, 1.82) is 0 Å². The van der Waals surface area contributed by atoms with Crippen molar-refractivity contribution >= 4 is 23.1 Å². The molecule has 1 aromatic rings. The first-order chi connectivity index (χ1) is 7.29. The Morgan fingerprint density at radius 2 is 1.88 bits per heavy atom. The third-order valence-corrected chi connectivity index (χ3v) is 3.51. The van der Waals surface area contributed by atoms with Crippen LogP contribution in [0.4, 0.5) is 13.2 Å². The number of hydrogen-bond donors (Lipinski definition) is 0. The molecule has 1 rings (SSSR count). The van der Waals surface area contributed by atoms with Crippen molar-refractivity contribution in [2.45, 2.75) is 42.6 Å². The van der Waals surface area contributed by atoms with Gasteiger partial charge in [0.2, 0.25) is 0 Å². The normalized spacial score (nSPS) is 14.2. The van der Waals surface area contributed by atoms with Gasteiger partial charge in [-0.15, -0.1) is 5.10 Å². The molecule has 0 N–H and O–H groups in total. The SMILES string of the molecule is CC(C)Oc1nnc(S[C@H](C)C(F)(F)F)s1. The molecule has 3 nitrogen and oxygen atoms in total. The van der Waals surface area contributed by atoms with Gasteiger partial charge in [-0.25, -0.2) is 0 Å². The number of aromatic nitrogens is 2. The minimum atomic E-state index is -4.23. The Labute approximate surface area is 99.4 Å². The van der Waals surface area contributed by atoms with Crippen molar-refractivity contribution in [3.8, 4) is 5.19 Å². The Kier molecular flexibility index (Phi) is 4.43. The second-order valence-corrected chi connectivity index (χ2v) is 5.83. The lowest BCUT2D eigenvalue weighted by Gasteiger charge is -2.12. The van der Waals surface area contributed by atoms with E-state index >= 15 is 0 Å². The fourth-order valence-electron chi connectivity index (χ4n) is 0.712. The summed E-state index contributed by atoms with van der Waals surface area (Å²) in [4.78, 5) is 0. The first-order valence-corrected chi connectivity index (χ1v) is 6.22. The molecule has 1 heterocycles. The number of halogens is 3. The van der Waals surface area contributed by atoms with Gasteiger partial charge < -0.3 is 4.74 Å². The van der Waals surface area contributed by atoms with Gasteiger partial charge in [0.05, 0.1) is 6.10 Å². The molecular weight excluding hydrogens is 261 g/mol. The van der Waals surface area contributed by atoms with Crippen LogP contribution in [-0.4, -0.2) is 27.7 Å². The van der Waals surface area contributed by atoms with E-state index in [1.165, 1.54) is 0 Å². The highest BCUT2D eigenvalue weighted by molar-refractivity contribution is 8.01. The number of ether oxygens (including phenoxy) is 1. The van der Waals surface area contributed by atoms with Crippen molar-refractivity contribution in [3.05, 3.63) is 0 Å². The van der Waals surface area contributed by atoms with Crippen molar-refractivity contribution in [2.75, 3.05) is 0 Å². The van der Waals surface area contributed by atoms with Crippen LogP contribution in [0.2, 0.25) is 0 Å². The summed E-state index contributed by atoms with van der Waals surface area (Å²) in [5.74, 6) is 0. The zero-order chi connectivity index (χ0) is 12.3. The zero-order valence-electron chi connectivity index (χ0n) is 8.91. The molecular formula is C8H11F3N2OS2. The van der Waals surface area contributed by atoms with Crippen molar-refractivity contribution in [3.63, 3.8) is 0 Å². The summed E-state index contributed by atoms with van der Waals surface area (Å²) in [6, 6.07) is 0. The summed E-state index contributed by atoms with van der Waals surface area (Å²) in [5.41, 5.74) is 0. The molecule has 0 radical (unpaired) electrons. The van der Waals surface area contributed by atoms with E-state index in [0.29, 0.717) is 17.0 Å². The molecule has 16 heavy (non-hydrogen) atoms. The fraction of sp³-hybridized carbons (Fsp3) is 0.750. The molecule has 0 unspecified atom stereocenters. The fourth-order valence-corrected chi connectivity index (χ4v) is 2.63. The van der Waals surface area contributed by atoms with Gasteiger partial charge in [-0.05, 0) is 32.1 Å². The van der Waals surface area contributed by atoms with Gasteiger partial charge in [0.25, 0.3) is 5.19 Å². The minimum Gasteiger partial charge on any atom is -0.466 e. The van der Waals surface area contributed by atoms with E-state index < -0.39 is 11.4 Å². The Bertz CT molecular complexity index is 340. The average Bonchev–Trinajstić information content (AvgIpc) is 2.49. The molecule has 0 saturated heterocycles. The maximum absolute atomic E-state index is 12.3. The van der Waals surface area contributed by atoms with E-state index in [1.54, 1.807) is 0 Å². The second-order valence-electron chi connectivity index (χ2n) is 3.30. The maximum atomic E-state index is 12.3. The molecule has 0 spiro atoms. The van der Waals surface area contributed by atoms with Gasteiger partial charge in [0.1, 0.15) is 5.25 Å². The third kappa shape index (κ3) is 4.17. The second kappa shape index (κ2) is 5.22. The molecule has 0 aliphatic carbocycles. The van der Waals surface area contributed by atoms with Gasteiger partial charge in [-0.3, -0.25) is 0 Å². The lowest BCUT2D eigenvalue weighted by atomic mass is 10.5. The van der Waals surface area contributed by atoms with Crippen molar-refractivity contribution in [2.24, 2.45) is 0 Å². The minimum absolute atomic E-state index is 0.0640. The van der Waals surface area contributed by atoms with Crippen LogP contribution >= 0.6 is 23.1 Å². The molecule has 0 aliphatic rings. The van der Waals surface area contributed by atoms with E-state index in [9.17, 15) is 13.2 Å². The van der Waals surface area contributed by atoms with E-state index in [-0.39, 0.29) is 10.4 Å². The molecule has 0 amide bonds. The van der Waals surface area contributed by atoms with Crippen LogP contribution < -0.4 is 4.74 Å². The highest BCUT2D eigenvalue weighted by Crippen LogP contribution is 2.37. The van der Waals surface area contributed by atoms with Crippen LogP contribution in [0.1, 0.15) is 20.8 Å². The third-order valence-electron chi connectivity index (χ3n) is 1.46. The van der Waals surface area contributed by atoms with Crippen LogP contribution in [-0.2, 0) is 0 Å². The molecule has 0 saturated carbocycles. The van der Waals surface area contributed by atoms with Gasteiger partial charge >= 0.3 is 6.18 Å². The van der Waals surface area contributed by atoms with Gasteiger partial charge in [-0.1, -0.05) is 16.9 Å². The topological polar surface area (TPSA) is 35.0 Å². The number of rotatable bonds is 4. The predicted molar refractivity (Wildman–Crippen MR) is 57.0 cm³/mol. The Morgan fingerprint density at radius 1 is 1.25 bits per heavy atom. The highest BCUT2D eigenvalue weighted by Gasteiger charge is 2.37. The zero-order valence-corrected chi connectivity index (χ0v) is 10.5. The summed E-state index contributed by atoms with van der Waals surface area (Å²) < 4.78 is 42.2. The summed E-state index contributed by atoms with van der Waals surface area (Å²) in [5, 5.41) is 6.08. The standard InChI is InChI=1S/C8H11F3N2OS2/c1-4(2)14-6-12-13-7(16-6)15-5(3)8(9,10)11/h4-5H,1-3H3/t5-/m1/s1. The van der Waals surface area contributed by atoms with Crippen molar-refractivity contribution in [1.82, 2.24) is 10.2 Å². The molecule has 8 heteroatoms. The smallest absolute Gasteiger partial charge is 0.400 e. The highest BCUT2D eigenvalue weighted by atomic mass is 32.2.